The normalized spacial score (nSPS) is 22.4. The summed E-state index contributed by atoms with van der Waals surface area (Å²) in [5.74, 6) is -0.622. The van der Waals surface area contributed by atoms with E-state index in [1.54, 1.807) is 0 Å². The minimum Gasteiger partial charge on any atom is -0.480 e. The van der Waals surface area contributed by atoms with E-state index < -0.39 is 11.5 Å². The lowest BCUT2D eigenvalue weighted by Gasteiger charge is -2.25. The maximum Gasteiger partial charge on any atom is 0.329 e. The smallest absolute Gasteiger partial charge is 0.329 e. The van der Waals surface area contributed by atoms with Gasteiger partial charge in [0.05, 0.1) is 6.61 Å². The molecule has 0 aromatic carbocycles. The third-order valence-electron chi connectivity index (χ3n) is 3.53. The van der Waals surface area contributed by atoms with Crippen LogP contribution in [0.2, 0.25) is 0 Å². The van der Waals surface area contributed by atoms with Gasteiger partial charge in [0.25, 0.3) is 0 Å². The van der Waals surface area contributed by atoms with Gasteiger partial charge in [0.1, 0.15) is 12.1 Å². The predicted molar refractivity (Wildman–Crippen MR) is 60.5 cm³/mol. The van der Waals surface area contributed by atoms with Crippen LogP contribution in [0.5, 0.6) is 0 Å². The van der Waals surface area contributed by atoms with Gasteiger partial charge in [-0.05, 0) is 31.6 Å². The van der Waals surface area contributed by atoms with Crippen molar-refractivity contribution in [1.29, 1.82) is 0 Å². The van der Waals surface area contributed by atoms with E-state index in [0.29, 0.717) is 25.4 Å². The molecule has 0 aromatic rings. The average Bonchev–Trinajstić information content (AvgIpc) is 2.96. The van der Waals surface area contributed by atoms with Crippen LogP contribution in [0.15, 0.2) is 0 Å². The summed E-state index contributed by atoms with van der Waals surface area (Å²) in [5, 5.41) is 11.8. The number of hydrogen-bond acceptors (Lipinski definition) is 3. The van der Waals surface area contributed by atoms with E-state index in [-0.39, 0.29) is 12.5 Å². The van der Waals surface area contributed by atoms with E-state index >= 15 is 0 Å². The van der Waals surface area contributed by atoms with E-state index in [2.05, 4.69) is 5.32 Å². The first-order valence-electron chi connectivity index (χ1n) is 6.24. The van der Waals surface area contributed by atoms with Gasteiger partial charge in [-0.1, -0.05) is 12.8 Å². The Morgan fingerprint density at radius 2 is 1.94 bits per heavy atom. The number of carbonyl (C=O) groups is 2. The van der Waals surface area contributed by atoms with Crippen LogP contribution in [-0.4, -0.2) is 35.7 Å². The Hall–Kier alpha value is -1.10. The number of carboxylic acid groups (broad SMARTS) is 1. The molecule has 0 aliphatic heterocycles. The molecule has 2 aliphatic carbocycles. The van der Waals surface area contributed by atoms with Crippen LogP contribution in [-0.2, 0) is 14.3 Å². The van der Waals surface area contributed by atoms with Crippen LogP contribution in [0.3, 0.4) is 0 Å². The first-order valence-corrected chi connectivity index (χ1v) is 6.24. The summed E-state index contributed by atoms with van der Waals surface area (Å²) in [5.41, 5.74) is -1.04. The fraction of sp³-hybridized carbons (Fsp3) is 0.833. The van der Waals surface area contributed by atoms with E-state index in [9.17, 15) is 14.7 Å². The topological polar surface area (TPSA) is 75.6 Å². The quantitative estimate of drug-likeness (QED) is 0.725. The zero-order valence-electron chi connectivity index (χ0n) is 9.91. The highest BCUT2D eigenvalue weighted by atomic mass is 16.5. The largest absolute Gasteiger partial charge is 0.480 e. The van der Waals surface area contributed by atoms with Gasteiger partial charge in [-0.25, -0.2) is 4.79 Å². The Labute approximate surface area is 101 Å². The number of nitrogens with one attached hydrogen (secondary N) is 1. The van der Waals surface area contributed by atoms with Crippen molar-refractivity contribution in [1.82, 2.24) is 5.32 Å². The Morgan fingerprint density at radius 1 is 1.29 bits per heavy atom. The van der Waals surface area contributed by atoms with E-state index in [1.807, 2.05) is 0 Å². The lowest BCUT2D eigenvalue weighted by molar-refractivity contribution is -0.148. The van der Waals surface area contributed by atoms with Crippen LogP contribution in [0.4, 0.5) is 0 Å². The summed E-state index contributed by atoms with van der Waals surface area (Å²) in [4.78, 5) is 22.8. The molecule has 0 bridgehead atoms. The second kappa shape index (κ2) is 5.04. The third-order valence-corrected chi connectivity index (χ3v) is 3.53. The summed E-state index contributed by atoms with van der Waals surface area (Å²) in [7, 11) is 0. The molecule has 2 rings (SSSR count). The molecule has 1 amide bonds. The molecule has 0 aromatic heterocycles. The van der Waals surface area contributed by atoms with Crippen LogP contribution < -0.4 is 5.32 Å². The SMILES string of the molecule is O=C(COCC1CC1)NC1(C(=O)O)CCCC1. The standard InChI is InChI=1S/C12H19NO4/c14-10(8-17-7-9-3-4-9)13-12(11(15)16)5-1-2-6-12/h9H,1-8H2,(H,13,14)(H,15,16). The minimum absolute atomic E-state index is 0.0223. The van der Waals surface area contributed by atoms with Crippen molar-refractivity contribution < 1.29 is 19.4 Å². The summed E-state index contributed by atoms with van der Waals surface area (Å²) >= 11 is 0. The Bertz CT molecular complexity index is 306. The Morgan fingerprint density at radius 3 is 2.47 bits per heavy atom. The fourth-order valence-electron chi connectivity index (χ4n) is 2.28. The fourth-order valence-corrected chi connectivity index (χ4v) is 2.28. The molecule has 0 unspecified atom stereocenters. The minimum atomic E-state index is -1.04. The highest BCUT2D eigenvalue weighted by Crippen LogP contribution is 2.30. The van der Waals surface area contributed by atoms with Crippen molar-refractivity contribution >= 4 is 11.9 Å². The molecule has 0 spiro atoms. The number of aliphatic carboxylic acids is 1. The van der Waals surface area contributed by atoms with Gasteiger partial charge < -0.3 is 15.2 Å². The van der Waals surface area contributed by atoms with Crippen molar-refractivity contribution in [3.05, 3.63) is 0 Å². The van der Waals surface area contributed by atoms with Gasteiger partial charge in [-0.3, -0.25) is 4.79 Å². The Balaban J connectivity index is 1.76. The number of carbonyl (C=O) groups excluding carboxylic acids is 1. The van der Waals surface area contributed by atoms with Crippen molar-refractivity contribution in [2.24, 2.45) is 5.92 Å². The van der Waals surface area contributed by atoms with E-state index in [0.717, 1.165) is 12.8 Å². The molecule has 2 N–H and O–H groups in total. The molecular weight excluding hydrogens is 222 g/mol. The summed E-state index contributed by atoms with van der Waals surface area (Å²) in [6, 6.07) is 0. The molecule has 96 valence electrons. The van der Waals surface area contributed by atoms with Crippen molar-refractivity contribution in [2.45, 2.75) is 44.1 Å². The maximum atomic E-state index is 11.6. The molecule has 17 heavy (non-hydrogen) atoms. The van der Waals surface area contributed by atoms with Crippen LogP contribution >= 0.6 is 0 Å². The molecule has 5 heteroatoms. The molecule has 0 saturated heterocycles. The van der Waals surface area contributed by atoms with Crippen LogP contribution in [0.1, 0.15) is 38.5 Å². The van der Waals surface area contributed by atoms with E-state index in [1.165, 1.54) is 12.8 Å². The number of amides is 1. The number of rotatable bonds is 6. The van der Waals surface area contributed by atoms with E-state index in [4.69, 9.17) is 4.74 Å². The first kappa shape index (κ1) is 12.4. The lowest BCUT2D eigenvalue weighted by Crippen LogP contribution is -2.53. The van der Waals surface area contributed by atoms with Gasteiger partial charge in [0.15, 0.2) is 0 Å². The molecule has 0 radical (unpaired) electrons. The lowest BCUT2D eigenvalue weighted by atomic mass is 9.98. The average molecular weight is 241 g/mol. The molecule has 2 fully saturated rings. The zero-order chi connectivity index (χ0) is 12.3. The Kier molecular flexibility index (Phi) is 3.66. The maximum absolute atomic E-state index is 11.6. The number of ether oxygens (including phenoxy) is 1. The van der Waals surface area contributed by atoms with Gasteiger partial charge >= 0.3 is 5.97 Å². The third kappa shape index (κ3) is 3.19. The number of hydrogen-bond donors (Lipinski definition) is 2. The van der Waals surface area contributed by atoms with Crippen LogP contribution in [0.25, 0.3) is 0 Å². The highest BCUT2D eigenvalue weighted by Gasteiger charge is 2.42. The molecule has 5 nitrogen and oxygen atoms in total. The molecular formula is C12H19NO4. The van der Waals surface area contributed by atoms with Crippen molar-refractivity contribution in [3.63, 3.8) is 0 Å². The second-order valence-electron chi connectivity index (χ2n) is 5.10. The van der Waals surface area contributed by atoms with Gasteiger partial charge in [-0.2, -0.15) is 0 Å². The van der Waals surface area contributed by atoms with Crippen molar-refractivity contribution in [2.75, 3.05) is 13.2 Å². The van der Waals surface area contributed by atoms with Gasteiger partial charge in [-0.15, -0.1) is 0 Å². The molecule has 2 saturated carbocycles. The van der Waals surface area contributed by atoms with Gasteiger partial charge in [0, 0.05) is 0 Å². The summed E-state index contributed by atoms with van der Waals surface area (Å²) in [6.07, 6.45) is 5.12. The van der Waals surface area contributed by atoms with Crippen molar-refractivity contribution in [3.8, 4) is 0 Å². The predicted octanol–water partition coefficient (Wildman–Crippen LogP) is 0.927. The zero-order valence-corrected chi connectivity index (χ0v) is 9.91. The first-order chi connectivity index (χ1) is 8.12. The summed E-state index contributed by atoms with van der Waals surface area (Å²) in [6.45, 7) is 0.596. The molecule has 0 heterocycles. The summed E-state index contributed by atoms with van der Waals surface area (Å²) < 4.78 is 5.25. The van der Waals surface area contributed by atoms with Crippen LogP contribution in [0, 0.1) is 5.92 Å². The number of carboxylic acids is 1. The molecule has 2 aliphatic rings. The monoisotopic (exact) mass is 241 g/mol. The molecule has 0 atom stereocenters. The highest BCUT2D eigenvalue weighted by molar-refractivity contribution is 5.87. The second-order valence-corrected chi connectivity index (χ2v) is 5.10. The van der Waals surface area contributed by atoms with Gasteiger partial charge in [0.2, 0.25) is 5.91 Å².